The Balaban J connectivity index is 2.58. The highest BCUT2D eigenvalue weighted by Crippen LogP contribution is 2.43. The number of nitrogens with two attached hydrogens (primary N) is 1. The summed E-state index contributed by atoms with van der Waals surface area (Å²) in [5.41, 5.74) is 6.71. The number of ketones is 1. The summed E-state index contributed by atoms with van der Waals surface area (Å²) >= 11 is 6.53. The third-order valence-corrected chi connectivity index (χ3v) is 6.00. The fourth-order valence-electron chi connectivity index (χ4n) is 1.66. The zero-order valence-electron chi connectivity index (χ0n) is 9.86. The van der Waals surface area contributed by atoms with Gasteiger partial charge < -0.3 is 10.8 Å². The van der Waals surface area contributed by atoms with Gasteiger partial charge in [0, 0.05) is 16.1 Å². The number of benzene rings is 2. The van der Waals surface area contributed by atoms with Crippen LogP contribution in [-0.4, -0.2) is 10.9 Å². The number of phenols is 1. The molecule has 2 aromatic carbocycles. The van der Waals surface area contributed by atoms with Crippen LogP contribution in [0.15, 0.2) is 44.2 Å². The van der Waals surface area contributed by atoms with E-state index < -0.39 is 0 Å². The predicted octanol–water partition coefficient (Wildman–Crippen LogP) is 4.98. The monoisotopic (exact) mass is 435 g/mol. The van der Waals surface area contributed by atoms with Crippen LogP contribution in [0.5, 0.6) is 5.75 Å². The molecule has 0 aliphatic carbocycles. The lowest BCUT2D eigenvalue weighted by atomic mass is 10.0. The second-order valence-electron chi connectivity index (χ2n) is 3.93. The van der Waals surface area contributed by atoms with Gasteiger partial charge in [-0.05, 0) is 71.7 Å². The quantitative estimate of drug-likeness (QED) is 0.525. The number of hydrogen-bond acceptors (Lipinski definition) is 4. The van der Waals surface area contributed by atoms with Crippen LogP contribution < -0.4 is 5.73 Å². The van der Waals surface area contributed by atoms with E-state index >= 15 is 0 Å². The Hall–Kier alpha value is -0.690. The summed E-state index contributed by atoms with van der Waals surface area (Å²) in [5.74, 6) is -0.464. The maximum atomic E-state index is 12.4. The topological polar surface area (TPSA) is 63.3 Å². The van der Waals surface area contributed by atoms with Gasteiger partial charge in [-0.15, -0.1) is 0 Å². The number of nitrogen functional groups attached to an aromatic ring is 1. The fourth-order valence-corrected chi connectivity index (χ4v) is 3.74. The van der Waals surface area contributed by atoms with E-state index in [0.29, 0.717) is 25.1 Å². The number of phenolic OH excluding ortho intramolecular Hbond substituents is 1. The van der Waals surface area contributed by atoms with E-state index in [1.807, 2.05) is 0 Å². The van der Waals surface area contributed by atoms with Crippen LogP contribution in [0.4, 0.5) is 5.69 Å². The van der Waals surface area contributed by atoms with E-state index in [-0.39, 0.29) is 17.1 Å². The molecule has 0 heterocycles. The van der Waals surface area contributed by atoms with E-state index in [2.05, 4.69) is 31.9 Å². The predicted molar refractivity (Wildman–Crippen MR) is 89.5 cm³/mol. The van der Waals surface area contributed by atoms with Crippen LogP contribution in [0.2, 0.25) is 0 Å². The number of carbonyl (C=O) groups excluding carboxylic acids is 1. The van der Waals surface area contributed by atoms with Crippen LogP contribution in [0.25, 0.3) is 0 Å². The Kier molecular flexibility index (Phi) is 5.01. The largest absolute Gasteiger partial charge is 0.506 e. The first-order valence-corrected chi connectivity index (χ1v) is 8.58. The number of anilines is 1. The zero-order valence-corrected chi connectivity index (χ0v) is 14.6. The van der Waals surface area contributed by atoms with Crippen molar-refractivity contribution in [2.24, 2.45) is 0 Å². The summed E-state index contributed by atoms with van der Waals surface area (Å²) in [6.07, 6.45) is 0. The molecule has 0 saturated heterocycles. The Morgan fingerprint density at radius 3 is 2.55 bits per heavy atom. The average molecular weight is 438 g/mol. The first kappa shape index (κ1) is 15.7. The van der Waals surface area contributed by atoms with E-state index in [1.54, 1.807) is 24.3 Å². The van der Waals surface area contributed by atoms with Gasteiger partial charge in [0.15, 0.2) is 5.78 Å². The molecule has 104 valence electrons. The molecule has 3 N–H and O–H groups in total. The lowest BCUT2D eigenvalue weighted by Gasteiger charge is -2.10. The maximum absolute atomic E-state index is 12.4. The second kappa shape index (κ2) is 6.39. The molecule has 0 saturated carbocycles. The minimum atomic E-state index is -0.324. The van der Waals surface area contributed by atoms with E-state index in [0.717, 1.165) is 11.0 Å². The first-order chi connectivity index (χ1) is 9.45. The molecule has 0 unspecified atom stereocenters. The molecule has 0 amide bonds. The van der Waals surface area contributed by atoms with Crippen molar-refractivity contribution in [3.05, 3.63) is 50.4 Å². The SMILES string of the molecule is Nc1cccc(C(=O)c2cc(SCl)c(Br)c(Br)c2O)c1. The molecule has 2 rings (SSSR count). The van der Waals surface area contributed by atoms with Crippen LogP contribution >= 0.6 is 53.5 Å². The number of aromatic hydroxyl groups is 1. The van der Waals surface area contributed by atoms with Crippen molar-refractivity contribution in [2.75, 3.05) is 5.73 Å². The van der Waals surface area contributed by atoms with Crippen molar-refractivity contribution < 1.29 is 9.90 Å². The molecule has 0 atom stereocenters. The molecule has 3 nitrogen and oxygen atoms in total. The van der Waals surface area contributed by atoms with E-state index in [1.165, 1.54) is 6.07 Å². The van der Waals surface area contributed by atoms with Crippen molar-refractivity contribution in [2.45, 2.75) is 4.90 Å². The standard InChI is InChI=1S/C13H8Br2ClNO2S/c14-10-9(20-16)5-8(13(19)11(10)15)12(18)6-2-1-3-7(17)4-6/h1-5,19H,17H2. The lowest BCUT2D eigenvalue weighted by Crippen LogP contribution is -2.03. The van der Waals surface area contributed by atoms with Crippen molar-refractivity contribution in [1.82, 2.24) is 0 Å². The first-order valence-electron chi connectivity index (χ1n) is 5.35. The molecule has 0 aromatic heterocycles. The molecule has 0 aliphatic heterocycles. The van der Waals surface area contributed by atoms with Gasteiger partial charge in [0.25, 0.3) is 0 Å². The molecule has 20 heavy (non-hydrogen) atoms. The Bertz CT molecular complexity index is 694. The number of hydrogen-bond donors (Lipinski definition) is 2. The number of halogens is 3. The molecule has 0 spiro atoms. The summed E-state index contributed by atoms with van der Waals surface area (Å²) in [4.78, 5) is 13.1. The molecule has 0 fully saturated rings. The van der Waals surface area contributed by atoms with Crippen LogP contribution in [0.1, 0.15) is 15.9 Å². The van der Waals surface area contributed by atoms with Crippen molar-refractivity contribution in [1.29, 1.82) is 0 Å². The van der Waals surface area contributed by atoms with Gasteiger partial charge in [0.2, 0.25) is 0 Å². The molecule has 0 radical (unpaired) electrons. The number of rotatable bonds is 3. The molecule has 7 heteroatoms. The Morgan fingerprint density at radius 1 is 1.25 bits per heavy atom. The lowest BCUT2D eigenvalue weighted by molar-refractivity contribution is 0.103. The van der Waals surface area contributed by atoms with Crippen molar-refractivity contribution in [3.63, 3.8) is 0 Å². The molecule has 2 aromatic rings. The highest BCUT2D eigenvalue weighted by molar-refractivity contribution is 9.13. The van der Waals surface area contributed by atoms with Crippen LogP contribution in [0.3, 0.4) is 0 Å². The van der Waals surface area contributed by atoms with Gasteiger partial charge in [0.1, 0.15) is 5.75 Å². The summed E-state index contributed by atoms with van der Waals surface area (Å²) in [6.45, 7) is 0. The summed E-state index contributed by atoms with van der Waals surface area (Å²) < 4.78 is 0.981. The average Bonchev–Trinajstić information content (AvgIpc) is 2.44. The molecule has 0 aliphatic rings. The normalized spacial score (nSPS) is 10.6. The highest BCUT2D eigenvalue weighted by atomic mass is 79.9. The summed E-state index contributed by atoms with van der Waals surface area (Å²) in [6, 6.07) is 8.11. The van der Waals surface area contributed by atoms with E-state index in [9.17, 15) is 9.90 Å². The van der Waals surface area contributed by atoms with Crippen molar-refractivity contribution >= 4 is 65.0 Å². The smallest absolute Gasteiger partial charge is 0.196 e. The third-order valence-electron chi connectivity index (χ3n) is 2.62. The molecular formula is C13H8Br2ClNO2S. The minimum Gasteiger partial charge on any atom is -0.506 e. The van der Waals surface area contributed by atoms with Gasteiger partial charge in [-0.2, -0.15) is 0 Å². The molecular weight excluding hydrogens is 429 g/mol. The third kappa shape index (κ3) is 2.98. The van der Waals surface area contributed by atoms with Crippen LogP contribution in [-0.2, 0) is 0 Å². The van der Waals surface area contributed by atoms with Gasteiger partial charge in [-0.25, -0.2) is 0 Å². The summed E-state index contributed by atoms with van der Waals surface area (Å²) in [7, 11) is 6.71. The second-order valence-corrected chi connectivity index (χ2v) is 6.57. The van der Waals surface area contributed by atoms with Crippen LogP contribution in [0, 0.1) is 0 Å². The fraction of sp³-hybridized carbons (Fsp3) is 0. The maximum Gasteiger partial charge on any atom is 0.196 e. The summed E-state index contributed by atoms with van der Waals surface area (Å²) in [5, 5.41) is 10.1. The van der Waals surface area contributed by atoms with Gasteiger partial charge in [0.05, 0.1) is 14.5 Å². The van der Waals surface area contributed by atoms with E-state index in [4.69, 9.17) is 16.4 Å². The highest BCUT2D eigenvalue weighted by Gasteiger charge is 2.20. The van der Waals surface area contributed by atoms with Gasteiger partial charge in [-0.3, -0.25) is 4.79 Å². The number of carbonyl (C=O) groups is 1. The minimum absolute atomic E-state index is 0.140. The van der Waals surface area contributed by atoms with Gasteiger partial charge in [-0.1, -0.05) is 12.1 Å². The van der Waals surface area contributed by atoms with Gasteiger partial charge >= 0.3 is 0 Å². The molecule has 0 bridgehead atoms. The Morgan fingerprint density at radius 2 is 1.95 bits per heavy atom. The van der Waals surface area contributed by atoms with Crippen molar-refractivity contribution in [3.8, 4) is 5.75 Å². The Labute approximate surface area is 141 Å². The zero-order chi connectivity index (χ0) is 14.9.